The Kier molecular flexibility index (Phi) is 2.12. The molecule has 2 heteroatoms. The van der Waals surface area contributed by atoms with Crippen molar-refractivity contribution in [1.82, 2.24) is 0 Å². The summed E-state index contributed by atoms with van der Waals surface area (Å²) in [7, 11) is 0. The van der Waals surface area contributed by atoms with Gasteiger partial charge in [0.1, 0.15) is 11.6 Å². The molecule has 2 rings (SSSR count). The highest BCUT2D eigenvalue weighted by molar-refractivity contribution is 6.08. The summed E-state index contributed by atoms with van der Waals surface area (Å²) >= 11 is 0. The maximum Gasteiger partial charge on any atom is 0.150 e. The van der Waals surface area contributed by atoms with E-state index in [9.17, 15) is 9.59 Å². The fraction of sp³-hybridized carbons (Fsp3) is 0.846. The third-order valence-electron chi connectivity index (χ3n) is 5.23. The third kappa shape index (κ3) is 1.05. The zero-order valence-electron chi connectivity index (χ0n) is 10.1. The highest BCUT2D eigenvalue weighted by Crippen LogP contribution is 2.65. The summed E-state index contributed by atoms with van der Waals surface area (Å²) in [5, 5.41) is 0. The van der Waals surface area contributed by atoms with E-state index in [1.807, 2.05) is 6.92 Å². The summed E-state index contributed by atoms with van der Waals surface area (Å²) < 4.78 is 0. The fourth-order valence-electron chi connectivity index (χ4n) is 3.68. The topological polar surface area (TPSA) is 34.1 Å². The number of fused-ring (bicyclic) bond motifs is 2. The first-order valence-corrected chi connectivity index (χ1v) is 5.93. The molecule has 3 atom stereocenters. The molecule has 0 amide bonds. The van der Waals surface area contributed by atoms with Gasteiger partial charge < -0.3 is 0 Å². The van der Waals surface area contributed by atoms with Crippen LogP contribution in [0.3, 0.4) is 0 Å². The zero-order chi connectivity index (χ0) is 11.4. The maximum absolute atomic E-state index is 12.3. The average Bonchev–Trinajstić information content (AvgIpc) is 2.48. The molecular formula is C13H20O2. The van der Waals surface area contributed by atoms with Crippen molar-refractivity contribution in [2.24, 2.45) is 22.7 Å². The molecule has 0 N–H and O–H groups in total. The van der Waals surface area contributed by atoms with Gasteiger partial charge in [-0.1, -0.05) is 27.7 Å². The summed E-state index contributed by atoms with van der Waals surface area (Å²) in [6, 6.07) is 0. The summed E-state index contributed by atoms with van der Waals surface area (Å²) in [5.74, 6) is 0.378. The molecule has 0 aromatic carbocycles. The predicted molar refractivity (Wildman–Crippen MR) is 58.4 cm³/mol. The second-order valence-electron chi connectivity index (χ2n) is 5.86. The van der Waals surface area contributed by atoms with Gasteiger partial charge in [0.2, 0.25) is 0 Å². The van der Waals surface area contributed by atoms with E-state index in [-0.39, 0.29) is 28.3 Å². The quantitative estimate of drug-likeness (QED) is 0.654. The Morgan fingerprint density at radius 1 is 1.40 bits per heavy atom. The molecule has 0 aromatic rings. The van der Waals surface area contributed by atoms with Crippen molar-refractivity contribution in [3.8, 4) is 0 Å². The lowest BCUT2D eigenvalue weighted by Gasteiger charge is -2.32. The molecule has 2 nitrogen and oxygen atoms in total. The van der Waals surface area contributed by atoms with Crippen LogP contribution in [0.2, 0.25) is 0 Å². The van der Waals surface area contributed by atoms with E-state index in [2.05, 4.69) is 20.8 Å². The highest BCUT2D eigenvalue weighted by Gasteiger charge is 2.67. The Morgan fingerprint density at radius 2 is 2.00 bits per heavy atom. The smallest absolute Gasteiger partial charge is 0.150 e. The van der Waals surface area contributed by atoms with Crippen LogP contribution in [0.1, 0.15) is 47.0 Å². The van der Waals surface area contributed by atoms with Crippen LogP contribution in [-0.2, 0) is 9.59 Å². The molecule has 2 aliphatic carbocycles. The molecule has 15 heavy (non-hydrogen) atoms. The molecule has 84 valence electrons. The normalized spacial score (nSPS) is 42.3. The van der Waals surface area contributed by atoms with E-state index in [0.29, 0.717) is 12.3 Å². The lowest BCUT2D eigenvalue weighted by atomic mass is 9.70. The van der Waals surface area contributed by atoms with Crippen LogP contribution in [0.5, 0.6) is 0 Å². The van der Waals surface area contributed by atoms with Crippen LogP contribution in [0.25, 0.3) is 0 Å². The zero-order valence-corrected chi connectivity index (χ0v) is 10.1. The van der Waals surface area contributed by atoms with Gasteiger partial charge in [0, 0.05) is 11.8 Å². The van der Waals surface area contributed by atoms with Gasteiger partial charge in [-0.15, -0.1) is 0 Å². The second kappa shape index (κ2) is 2.93. The number of Topliss-reactive ketones (excluding diaryl/α,β-unsaturated/α-hetero) is 2. The van der Waals surface area contributed by atoms with Gasteiger partial charge in [0.05, 0.1) is 5.92 Å². The largest absolute Gasteiger partial charge is 0.299 e. The lowest BCUT2D eigenvalue weighted by molar-refractivity contribution is -0.137. The molecule has 0 unspecified atom stereocenters. The molecule has 0 saturated heterocycles. The summed E-state index contributed by atoms with van der Waals surface area (Å²) in [5.41, 5.74) is -0.229. The monoisotopic (exact) mass is 208 g/mol. The minimum absolute atomic E-state index is 0.0135. The van der Waals surface area contributed by atoms with E-state index < -0.39 is 0 Å². The van der Waals surface area contributed by atoms with E-state index >= 15 is 0 Å². The molecule has 0 aliphatic heterocycles. The van der Waals surface area contributed by atoms with Crippen molar-refractivity contribution < 1.29 is 9.59 Å². The van der Waals surface area contributed by atoms with Crippen molar-refractivity contribution in [1.29, 1.82) is 0 Å². The number of carbonyl (C=O) groups excluding carboxylic acids is 2. The van der Waals surface area contributed by atoms with Crippen molar-refractivity contribution in [3.63, 3.8) is 0 Å². The van der Waals surface area contributed by atoms with Gasteiger partial charge in [-0.25, -0.2) is 0 Å². The molecule has 0 aromatic heterocycles. The summed E-state index contributed by atoms with van der Waals surface area (Å²) in [6.07, 6.45) is 2.52. The van der Waals surface area contributed by atoms with E-state index in [0.717, 1.165) is 12.8 Å². The molecule has 2 aliphatic rings. The molecule has 2 fully saturated rings. The Bertz CT molecular complexity index is 329. The lowest BCUT2D eigenvalue weighted by Crippen LogP contribution is -2.35. The summed E-state index contributed by atoms with van der Waals surface area (Å²) in [4.78, 5) is 24.1. The van der Waals surface area contributed by atoms with Crippen LogP contribution in [0.15, 0.2) is 0 Å². The second-order valence-corrected chi connectivity index (χ2v) is 5.86. The molecule has 0 heterocycles. The number of hydrogen-bond donors (Lipinski definition) is 0. The van der Waals surface area contributed by atoms with Gasteiger partial charge >= 0.3 is 0 Å². The first kappa shape index (κ1) is 10.8. The van der Waals surface area contributed by atoms with Crippen LogP contribution < -0.4 is 0 Å². The number of rotatable bonds is 2. The fourth-order valence-corrected chi connectivity index (χ4v) is 3.68. The van der Waals surface area contributed by atoms with Crippen molar-refractivity contribution in [3.05, 3.63) is 0 Å². The molecule has 0 radical (unpaired) electrons. The van der Waals surface area contributed by atoms with Crippen molar-refractivity contribution >= 4 is 11.6 Å². The Labute approximate surface area is 91.4 Å². The number of ketones is 2. The Hall–Kier alpha value is -0.660. The SMILES string of the molecule is CCC(=O)[C@H]1C(=O)[C@@]2(C)CC[C@H]1C2(C)C. The van der Waals surface area contributed by atoms with Crippen LogP contribution >= 0.6 is 0 Å². The summed E-state index contributed by atoms with van der Waals surface area (Å²) in [6.45, 7) is 8.23. The standard InChI is InChI=1S/C13H20O2/c1-5-9(14)10-8-6-7-13(4,11(10)15)12(8,2)3/h8,10H,5-7H2,1-4H3/t8-,10+,13-/m1/s1. The number of hydrogen-bond acceptors (Lipinski definition) is 2. The third-order valence-corrected chi connectivity index (χ3v) is 5.23. The van der Waals surface area contributed by atoms with E-state index in [1.54, 1.807) is 0 Å². The van der Waals surface area contributed by atoms with Crippen LogP contribution in [0, 0.1) is 22.7 Å². The first-order chi connectivity index (χ1) is 6.86. The first-order valence-electron chi connectivity index (χ1n) is 5.93. The van der Waals surface area contributed by atoms with Crippen LogP contribution in [-0.4, -0.2) is 11.6 Å². The van der Waals surface area contributed by atoms with Crippen molar-refractivity contribution in [2.75, 3.05) is 0 Å². The Balaban J connectivity index is 2.42. The number of carbonyl (C=O) groups is 2. The van der Waals surface area contributed by atoms with Gasteiger partial charge in [-0.3, -0.25) is 9.59 Å². The minimum Gasteiger partial charge on any atom is -0.299 e. The average molecular weight is 208 g/mol. The van der Waals surface area contributed by atoms with Gasteiger partial charge in [-0.05, 0) is 24.2 Å². The van der Waals surface area contributed by atoms with Gasteiger partial charge in [0.15, 0.2) is 0 Å². The molecule has 2 bridgehead atoms. The van der Waals surface area contributed by atoms with Crippen LogP contribution in [0.4, 0.5) is 0 Å². The highest BCUT2D eigenvalue weighted by atomic mass is 16.2. The van der Waals surface area contributed by atoms with Gasteiger partial charge in [0.25, 0.3) is 0 Å². The molecule has 0 spiro atoms. The van der Waals surface area contributed by atoms with E-state index in [1.165, 1.54) is 0 Å². The van der Waals surface area contributed by atoms with Gasteiger partial charge in [-0.2, -0.15) is 0 Å². The Morgan fingerprint density at radius 3 is 2.40 bits per heavy atom. The molecular weight excluding hydrogens is 188 g/mol. The van der Waals surface area contributed by atoms with Crippen molar-refractivity contribution in [2.45, 2.75) is 47.0 Å². The predicted octanol–water partition coefficient (Wildman–Crippen LogP) is 2.61. The maximum atomic E-state index is 12.3. The molecule has 2 saturated carbocycles. The minimum atomic E-state index is -0.288. The van der Waals surface area contributed by atoms with E-state index in [4.69, 9.17) is 0 Å².